The van der Waals surface area contributed by atoms with Crippen molar-refractivity contribution < 1.29 is 0 Å². The molecule has 1 atom stereocenters. The second kappa shape index (κ2) is 4.62. The molecule has 0 spiro atoms. The minimum atomic E-state index is 0.477. The zero-order chi connectivity index (χ0) is 10.7. The van der Waals surface area contributed by atoms with Crippen LogP contribution in [0.15, 0.2) is 18.3 Å². The van der Waals surface area contributed by atoms with Crippen molar-refractivity contribution in [3.63, 3.8) is 0 Å². The van der Waals surface area contributed by atoms with E-state index < -0.39 is 0 Å². The topological polar surface area (TPSA) is 17.0 Å². The van der Waals surface area contributed by atoms with Crippen molar-refractivity contribution in [1.29, 1.82) is 0 Å². The highest BCUT2D eigenvalue weighted by Gasteiger charge is 2.28. The molecule has 1 aliphatic rings. The second-order valence-electron chi connectivity index (χ2n) is 4.62. The molecule has 0 bridgehead atoms. The summed E-state index contributed by atoms with van der Waals surface area (Å²) in [6.07, 6.45) is 4.84. The van der Waals surface area contributed by atoms with E-state index in [9.17, 15) is 0 Å². The molecule has 2 heterocycles. The number of nitrogens with one attached hydrogen (secondary N) is 1. The third kappa shape index (κ3) is 2.79. The molecule has 1 unspecified atom stereocenters. The van der Waals surface area contributed by atoms with Gasteiger partial charge in [-0.05, 0) is 37.7 Å². The Morgan fingerprint density at radius 3 is 3.07 bits per heavy atom. The van der Waals surface area contributed by atoms with E-state index in [1.807, 2.05) is 0 Å². The van der Waals surface area contributed by atoms with Gasteiger partial charge in [-0.15, -0.1) is 0 Å². The van der Waals surface area contributed by atoms with Crippen LogP contribution in [0.5, 0.6) is 0 Å². The first kappa shape index (κ1) is 11.1. The van der Waals surface area contributed by atoms with E-state index in [1.165, 1.54) is 24.3 Å². The average molecular weight is 224 g/mol. The minimum absolute atomic E-state index is 0.477. The van der Waals surface area contributed by atoms with Crippen molar-refractivity contribution in [1.82, 2.24) is 9.88 Å². The Hall–Kier alpha value is -0.410. The van der Waals surface area contributed by atoms with Gasteiger partial charge in [0.2, 0.25) is 0 Å². The maximum atomic E-state index is 3.57. The van der Waals surface area contributed by atoms with Gasteiger partial charge in [0.05, 0.1) is 0 Å². The molecule has 0 radical (unpaired) electrons. The summed E-state index contributed by atoms with van der Waals surface area (Å²) >= 11 is 2.12. The summed E-state index contributed by atoms with van der Waals surface area (Å²) in [6, 6.07) is 4.28. The van der Waals surface area contributed by atoms with Gasteiger partial charge >= 0.3 is 0 Å². The van der Waals surface area contributed by atoms with Crippen LogP contribution in [0.25, 0.3) is 0 Å². The SMILES string of the molecule is Cn1cccc1CNCC1(C)CCCS1. The average Bonchev–Trinajstić information content (AvgIpc) is 2.78. The summed E-state index contributed by atoms with van der Waals surface area (Å²) < 4.78 is 2.66. The molecule has 2 nitrogen and oxygen atoms in total. The normalized spacial score (nSPS) is 26.0. The van der Waals surface area contributed by atoms with Gasteiger partial charge in [-0.1, -0.05) is 0 Å². The lowest BCUT2D eigenvalue weighted by atomic mass is 10.1. The van der Waals surface area contributed by atoms with Gasteiger partial charge in [-0.25, -0.2) is 0 Å². The van der Waals surface area contributed by atoms with E-state index >= 15 is 0 Å². The molecule has 84 valence electrons. The highest BCUT2D eigenvalue weighted by atomic mass is 32.2. The second-order valence-corrected chi connectivity index (χ2v) is 6.30. The van der Waals surface area contributed by atoms with Crippen molar-refractivity contribution >= 4 is 11.8 Å². The van der Waals surface area contributed by atoms with Gasteiger partial charge in [-0.3, -0.25) is 0 Å². The molecule has 1 fully saturated rings. The molecule has 15 heavy (non-hydrogen) atoms. The van der Waals surface area contributed by atoms with Crippen molar-refractivity contribution in [2.24, 2.45) is 7.05 Å². The van der Waals surface area contributed by atoms with Crippen molar-refractivity contribution in [3.05, 3.63) is 24.0 Å². The summed E-state index contributed by atoms with van der Waals surface area (Å²) in [5, 5.41) is 3.57. The number of thioether (sulfide) groups is 1. The monoisotopic (exact) mass is 224 g/mol. The molecular weight excluding hydrogens is 204 g/mol. The summed E-state index contributed by atoms with van der Waals surface area (Å²) in [7, 11) is 2.10. The fourth-order valence-corrected chi connectivity index (χ4v) is 3.39. The van der Waals surface area contributed by atoms with E-state index in [0.717, 1.165) is 13.1 Å². The van der Waals surface area contributed by atoms with Gasteiger partial charge in [0.15, 0.2) is 0 Å². The molecule has 1 aliphatic heterocycles. The Morgan fingerprint density at radius 2 is 2.47 bits per heavy atom. The molecule has 2 rings (SSSR count). The van der Waals surface area contributed by atoms with Gasteiger partial charge in [0.1, 0.15) is 0 Å². The maximum absolute atomic E-state index is 3.57. The highest BCUT2D eigenvalue weighted by Crippen LogP contribution is 2.36. The molecule has 1 saturated heterocycles. The predicted octanol–water partition coefficient (Wildman–Crippen LogP) is 2.40. The summed E-state index contributed by atoms with van der Waals surface area (Å²) in [6.45, 7) is 4.49. The summed E-state index contributed by atoms with van der Waals surface area (Å²) in [5.74, 6) is 1.34. The number of rotatable bonds is 4. The highest BCUT2D eigenvalue weighted by molar-refractivity contribution is 8.00. The van der Waals surface area contributed by atoms with Gasteiger partial charge < -0.3 is 9.88 Å². The van der Waals surface area contributed by atoms with Crippen LogP contribution in [-0.2, 0) is 13.6 Å². The van der Waals surface area contributed by atoms with Gasteiger partial charge in [-0.2, -0.15) is 11.8 Å². The Labute approximate surface area is 96.4 Å². The van der Waals surface area contributed by atoms with Crippen LogP contribution in [0.4, 0.5) is 0 Å². The third-order valence-corrected chi connectivity index (χ3v) is 4.70. The number of nitrogens with zero attached hydrogens (tertiary/aromatic N) is 1. The maximum Gasteiger partial charge on any atom is 0.0359 e. The third-order valence-electron chi connectivity index (χ3n) is 3.16. The lowest BCUT2D eigenvalue weighted by Crippen LogP contribution is -2.32. The predicted molar refractivity (Wildman–Crippen MR) is 67.2 cm³/mol. The fourth-order valence-electron chi connectivity index (χ4n) is 2.11. The fraction of sp³-hybridized carbons (Fsp3) is 0.667. The summed E-state index contributed by atoms with van der Waals surface area (Å²) in [4.78, 5) is 0. The van der Waals surface area contributed by atoms with Crippen molar-refractivity contribution in [2.75, 3.05) is 12.3 Å². The molecule has 1 aromatic heterocycles. The van der Waals surface area contributed by atoms with E-state index in [4.69, 9.17) is 0 Å². The van der Waals surface area contributed by atoms with Gasteiger partial charge in [0.25, 0.3) is 0 Å². The molecule has 0 aromatic carbocycles. The van der Waals surface area contributed by atoms with E-state index in [1.54, 1.807) is 0 Å². The van der Waals surface area contributed by atoms with Crippen molar-refractivity contribution in [2.45, 2.75) is 31.1 Å². The first-order valence-corrected chi connectivity index (χ1v) is 6.63. The van der Waals surface area contributed by atoms with Crippen LogP contribution in [0.2, 0.25) is 0 Å². The van der Waals surface area contributed by atoms with Crippen LogP contribution >= 0.6 is 11.8 Å². The largest absolute Gasteiger partial charge is 0.353 e. The zero-order valence-electron chi connectivity index (χ0n) is 9.62. The Bertz CT molecular complexity index is 313. The Balaban J connectivity index is 1.77. The van der Waals surface area contributed by atoms with E-state index in [-0.39, 0.29) is 0 Å². The molecule has 1 N–H and O–H groups in total. The minimum Gasteiger partial charge on any atom is -0.353 e. The Kier molecular flexibility index (Phi) is 3.42. The quantitative estimate of drug-likeness (QED) is 0.846. The van der Waals surface area contributed by atoms with Gasteiger partial charge in [0, 0.05) is 36.8 Å². The van der Waals surface area contributed by atoms with Crippen molar-refractivity contribution in [3.8, 4) is 0 Å². The zero-order valence-corrected chi connectivity index (χ0v) is 10.4. The van der Waals surface area contributed by atoms with Crippen LogP contribution in [0.3, 0.4) is 0 Å². The molecule has 0 aliphatic carbocycles. The molecular formula is C12H20N2S. The number of aromatic nitrogens is 1. The van der Waals surface area contributed by atoms with Crippen LogP contribution in [0, 0.1) is 0 Å². The number of aryl methyl sites for hydroxylation is 1. The Morgan fingerprint density at radius 1 is 1.60 bits per heavy atom. The van der Waals surface area contributed by atoms with E-state index in [2.05, 4.69) is 53.9 Å². The molecule has 1 aromatic rings. The standard InChI is InChI=1S/C12H20N2S/c1-12(6-4-8-15-12)10-13-9-11-5-3-7-14(11)2/h3,5,7,13H,4,6,8-10H2,1-2H3. The van der Waals surface area contributed by atoms with E-state index in [0.29, 0.717) is 4.75 Å². The number of hydrogen-bond donors (Lipinski definition) is 1. The first-order chi connectivity index (χ1) is 7.20. The lowest BCUT2D eigenvalue weighted by molar-refractivity contribution is 0.529. The van der Waals surface area contributed by atoms with Crippen LogP contribution in [-0.4, -0.2) is 21.6 Å². The first-order valence-electron chi connectivity index (χ1n) is 5.64. The lowest BCUT2D eigenvalue weighted by Gasteiger charge is -2.23. The molecule has 3 heteroatoms. The smallest absolute Gasteiger partial charge is 0.0359 e. The van der Waals surface area contributed by atoms with Crippen LogP contribution < -0.4 is 5.32 Å². The number of hydrogen-bond acceptors (Lipinski definition) is 2. The van der Waals surface area contributed by atoms with Crippen LogP contribution in [0.1, 0.15) is 25.5 Å². The summed E-state index contributed by atoms with van der Waals surface area (Å²) in [5.41, 5.74) is 1.36. The molecule has 0 saturated carbocycles. The molecule has 0 amide bonds.